The number of carbonyl (C=O) groups is 1. The van der Waals surface area contributed by atoms with Gasteiger partial charge in [0, 0.05) is 38.2 Å². The summed E-state index contributed by atoms with van der Waals surface area (Å²) >= 11 is 0. The summed E-state index contributed by atoms with van der Waals surface area (Å²) in [6.45, 7) is 7.00. The predicted molar refractivity (Wildman–Crippen MR) is 111 cm³/mol. The Morgan fingerprint density at radius 3 is 2.64 bits per heavy atom. The fourth-order valence-electron chi connectivity index (χ4n) is 2.58. The molecular weight excluding hydrogens is 357 g/mol. The van der Waals surface area contributed by atoms with E-state index < -0.39 is 0 Å². The van der Waals surface area contributed by atoms with Crippen LogP contribution in [0.5, 0.6) is 0 Å². The van der Waals surface area contributed by atoms with E-state index in [1.807, 2.05) is 32.9 Å². The molecule has 1 aromatic heterocycles. The van der Waals surface area contributed by atoms with E-state index >= 15 is 0 Å². The topological polar surface area (TPSA) is 78.4 Å². The first kappa shape index (κ1) is 21.3. The molecule has 0 atom stereocenters. The highest BCUT2D eigenvalue weighted by molar-refractivity contribution is 5.90. The van der Waals surface area contributed by atoms with Crippen LogP contribution in [-0.4, -0.2) is 37.0 Å². The van der Waals surface area contributed by atoms with Crippen molar-refractivity contribution in [2.75, 3.05) is 25.5 Å². The van der Waals surface area contributed by atoms with Crippen molar-refractivity contribution in [3.63, 3.8) is 0 Å². The molecule has 3 N–H and O–H groups in total. The van der Waals surface area contributed by atoms with Crippen molar-refractivity contribution in [2.45, 2.75) is 32.6 Å². The first-order valence-corrected chi connectivity index (χ1v) is 9.23. The van der Waals surface area contributed by atoms with Crippen LogP contribution in [0.2, 0.25) is 0 Å². The largest absolute Gasteiger partial charge is 0.356 e. The number of rotatable bonds is 7. The van der Waals surface area contributed by atoms with Gasteiger partial charge in [0.15, 0.2) is 5.96 Å². The maximum atomic E-state index is 13.5. The molecule has 2 aromatic rings. The number of aryl methyl sites for hydroxylation is 1. The van der Waals surface area contributed by atoms with E-state index in [0.717, 1.165) is 11.1 Å². The number of hydrogen-bond acceptors (Lipinski definition) is 3. The second kappa shape index (κ2) is 9.82. The second-order valence-corrected chi connectivity index (χ2v) is 7.27. The van der Waals surface area contributed by atoms with E-state index in [9.17, 15) is 9.18 Å². The number of nitrogens with zero attached hydrogens (tertiary/aromatic N) is 2. The highest BCUT2D eigenvalue weighted by Crippen LogP contribution is 2.22. The van der Waals surface area contributed by atoms with Crippen molar-refractivity contribution in [3.8, 4) is 0 Å². The number of pyridine rings is 1. The minimum absolute atomic E-state index is 0.126. The molecular formula is C21H28FN5O. The van der Waals surface area contributed by atoms with Crippen LogP contribution in [0.25, 0.3) is 0 Å². The Labute approximate surface area is 165 Å². The quantitative estimate of drug-likeness (QED) is 0.506. The average Bonchev–Trinajstić information content (AvgIpc) is 2.66. The SMILES string of the molecule is CN=C(NCCC(=O)Nc1ccc(C)cn1)NCC(C)(C)c1cccc(F)c1. The Morgan fingerprint density at radius 2 is 2.00 bits per heavy atom. The Morgan fingerprint density at radius 1 is 1.21 bits per heavy atom. The van der Waals surface area contributed by atoms with Crippen LogP contribution in [0.4, 0.5) is 10.2 Å². The summed E-state index contributed by atoms with van der Waals surface area (Å²) < 4.78 is 13.5. The predicted octanol–water partition coefficient (Wildman–Crippen LogP) is 3.00. The number of aliphatic imine (C=N–C) groups is 1. The minimum Gasteiger partial charge on any atom is -0.356 e. The van der Waals surface area contributed by atoms with Crippen molar-refractivity contribution in [1.29, 1.82) is 0 Å². The van der Waals surface area contributed by atoms with Crippen LogP contribution < -0.4 is 16.0 Å². The summed E-state index contributed by atoms with van der Waals surface area (Å²) in [5, 5.41) is 9.10. The number of anilines is 1. The van der Waals surface area contributed by atoms with Gasteiger partial charge in [-0.15, -0.1) is 0 Å². The smallest absolute Gasteiger partial charge is 0.227 e. The third-order valence-corrected chi connectivity index (χ3v) is 4.35. The van der Waals surface area contributed by atoms with Gasteiger partial charge in [-0.3, -0.25) is 9.79 Å². The second-order valence-electron chi connectivity index (χ2n) is 7.27. The van der Waals surface area contributed by atoms with E-state index in [1.165, 1.54) is 6.07 Å². The fourth-order valence-corrected chi connectivity index (χ4v) is 2.58. The van der Waals surface area contributed by atoms with Gasteiger partial charge in [0.05, 0.1) is 0 Å². The first-order valence-electron chi connectivity index (χ1n) is 9.23. The van der Waals surface area contributed by atoms with Crippen LogP contribution in [0.3, 0.4) is 0 Å². The Kier molecular flexibility index (Phi) is 7.49. The summed E-state index contributed by atoms with van der Waals surface area (Å²) in [5.74, 6) is 0.752. The van der Waals surface area contributed by atoms with E-state index in [4.69, 9.17) is 0 Å². The molecule has 28 heavy (non-hydrogen) atoms. The number of hydrogen-bond donors (Lipinski definition) is 3. The van der Waals surface area contributed by atoms with Gasteiger partial charge in [-0.05, 0) is 36.2 Å². The summed E-state index contributed by atoms with van der Waals surface area (Å²) in [4.78, 5) is 20.3. The van der Waals surface area contributed by atoms with Gasteiger partial charge in [0.1, 0.15) is 11.6 Å². The number of benzene rings is 1. The number of aromatic nitrogens is 1. The van der Waals surface area contributed by atoms with Crippen molar-refractivity contribution < 1.29 is 9.18 Å². The molecule has 0 aliphatic rings. The zero-order valence-electron chi connectivity index (χ0n) is 16.8. The summed E-state index contributed by atoms with van der Waals surface area (Å²) in [6, 6.07) is 10.3. The van der Waals surface area contributed by atoms with E-state index in [-0.39, 0.29) is 23.6 Å². The Hall–Kier alpha value is -2.96. The van der Waals surface area contributed by atoms with Crippen LogP contribution in [-0.2, 0) is 10.2 Å². The normalized spacial score (nSPS) is 11.8. The Bertz CT molecular complexity index is 818. The number of guanidine groups is 1. The number of halogens is 1. The highest BCUT2D eigenvalue weighted by atomic mass is 19.1. The highest BCUT2D eigenvalue weighted by Gasteiger charge is 2.21. The molecule has 0 saturated carbocycles. The lowest BCUT2D eigenvalue weighted by Crippen LogP contribution is -2.44. The van der Waals surface area contributed by atoms with Crippen LogP contribution in [0.1, 0.15) is 31.4 Å². The number of carbonyl (C=O) groups excluding carboxylic acids is 1. The van der Waals surface area contributed by atoms with Crippen molar-refractivity contribution in [1.82, 2.24) is 15.6 Å². The fraction of sp³-hybridized carbons (Fsp3) is 0.381. The van der Waals surface area contributed by atoms with Gasteiger partial charge < -0.3 is 16.0 Å². The van der Waals surface area contributed by atoms with Crippen LogP contribution in [0, 0.1) is 12.7 Å². The third kappa shape index (κ3) is 6.64. The minimum atomic E-state index is -0.284. The van der Waals surface area contributed by atoms with Crippen molar-refractivity contribution in [2.24, 2.45) is 4.99 Å². The van der Waals surface area contributed by atoms with Gasteiger partial charge in [-0.2, -0.15) is 0 Å². The molecule has 150 valence electrons. The molecule has 0 bridgehead atoms. The molecule has 7 heteroatoms. The molecule has 6 nitrogen and oxygen atoms in total. The molecule has 1 aromatic carbocycles. The number of amides is 1. The lowest BCUT2D eigenvalue weighted by atomic mass is 9.84. The zero-order valence-corrected chi connectivity index (χ0v) is 16.8. The average molecular weight is 385 g/mol. The molecule has 0 aliphatic carbocycles. The van der Waals surface area contributed by atoms with E-state index in [0.29, 0.717) is 24.9 Å². The van der Waals surface area contributed by atoms with Gasteiger partial charge in [0.25, 0.3) is 0 Å². The van der Waals surface area contributed by atoms with Crippen LogP contribution in [0.15, 0.2) is 47.6 Å². The molecule has 1 heterocycles. The van der Waals surface area contributed by atoms with Crippen LogP contribution >= 0.6 is 0 Å². The molecule has 0 saturated heterocycles. The van der Waals surface area contributed by atoms with Crippen molar-refractivity contribution >= 4 is 17.7 Å². The maximum Gasteiger partial charge on any atom is 0.227 e. The lowest BCUT2D eigenvalue weighted by Gasteiger charge is -2.26. The summed E-state index contributed by atoms with van der Waals surface area (Å²) in [7, 11) is 1.67. The maximum absolute atomic E-state index is 13.5. The van der Waals surface area contributed by atoms with E-state index in [1.54, 1.807) is 31.4 Å². The zero-order chi connectivity index (χ0) is 20.6. The molecule has 1 amide bonds. The molecule has 0 aliphatic heterocycles. The monoisotopic (exact) mass is 385 g/mol. The molecule has 0 radical (unpaired) electrons. The van der Waals surface area contributed by atoms with Gasteiger partial charge in [-0.1, -0.05) is 32.0 Å². The third-order valence-electron chi connectivity index (χ3n) is 4.35. The first-order chi connectivity index (χ1) is 13.3. The molecule has 0 fully saturated rings. The molecule has 0 spiro atoms. The Balaban J connectivity index is 1.78. The van der Waals surface area contributed by atoms with Gasteiger partial charge in [-0.25, -0.2) is 9.37 Å². The number of nitrogens with one attached hydrogen (secondary N) is 3. The van der Waals surface area contributed by atoms with E-state index in [2.05, 4.69) is 25.9 Å². The standard InChI is InChI=1S/C21H28FN5O/c1-15-8-9-18(25-13-15)27-19(28)10-11-24-20(23-4)26-14-21(2,3)16-6-5-7-17(22)12-16/h5-9,12-13H,10-11,14H2,1-4H3,(H2,23,24,26)(H,25,27,28). The lowest BCUT2D eigenvalue weighted by molar-refractivity contribution is -0.116. The van der Waals surface area contributed by atoms with Crippen molar-refractivity contribution in [3.05, 3.63) is 59.5 Å². The van der Waals surface area contributed by atoms with Gasteiger partial charge in [0.2, 0.25) is 5.91 Å². The summed E-state index contributed by atoms with van der Waals surface area (Å²) in [5.41, 5.74) is 1.66. The molecule has 2 rings (SSSR count). The van der Waals surface area contributed by atoms with Gasteiger partial charge >= 0.3 is 0 Å². The summed E-state index contributed by atoms with van der Waals surface area (Å²) in [6.07, 6.45) is 1.99. The molecule has 0 unspecified atom stereocenters.